The molecule has 0 unspecified atom stereocenters. The van der Waals surface area contributed by atoms with Crippen LogP contribution in [0, 0.1) is 6.92 Å². The highest BCUT2D eigenvalue weighted by Crippen LogP contribution is 2.25. The minimum atomic E-state index is 0.440. The van der Waals surface area contributed by atoms with Gasteiger partial charge in [0.05, 0.1) is 5.70 Å². The summed E-state index contributed by atoms with van der Waals surface area (Å²) in [4.78, 5) is 4.08. The largest absolute Gasteiger partial charge is 0.436 e. The molecule has 0 radical (unpaired) electrons. The van der Waals surface area contributed by atoms with Crippen LogP contribution < -0.4 is 5.73 Å². The van der Waals surface area contributed by atoms with Crippen molar-refractivity contribution < 1.29 is 4.42 Å². The third-order valence-corrected chi connectivity index (χ3v) is 2.01. The Morgan fingerprint density at radius 2 is 2.38 bits per heavy atom. The molecule has 3 heteroatoms. The topological polar surface area (TPSA) is 52.0 Å². The molecule has 2 aromatic heterocycles. The number of hydrogen-bond acceptors (Lipinski definition) is 3. The predicted molar refractivity (Wildman–Crippen MR) is 52.0 cm³/mol. The van der Waals surface area contributed by atoms with E-state index in [9.17, 15) is 0 Å². The van der Waals surface area contributed by atoms with Gasteiger partial charge in [-0.05, 0) is 19.1 Å². The zero-order valence-corrected chi connectivity index (χ0v) is 7.37. The standard InChI is InChI=1S/C10H10N2O/c1-6-8-4-3-5-12-10(8)13-9(6)7(2)11/h3-5H,2,11H2,1H3. The van der Waals surface area contributed by atoms with Crippen LogP contribution in [0.1, 0.15) is 11.3 Å². The first-order chi connectivity index (χ1) is 6.20. The van der Waals surface area contributed by atoms with Crippen molar-refractivity contribution in [2.75, 3.05) is 0 Å². The second kappa shape index (κ2) is 2.62. The van der Waals surface area contributed by atoms with Gasteiger partial charge in [0, 0.05) is 17.1 Å². The molecule has 2 rings (SSSR count). The van der Waals surface area contributed by atoms with Gasteiger partial charge in [-0.1, -0.05) is 6.58 Å². The molecule has 0 saturated carbocycles. The number of aryl methyl sites for hydroxylation is 1. The first-order valence-electron chi connectivity index (χ1n) is 3.99. The molecule has 0 aromatic carbocycles. The molecule has 2 aromatic rings. The molecule has 0 aliphatic rings. The van der Waals surface area contributed by atoms with Gasteiger partial charge in [0.2, 0.25) is 5.71 Å². The summed E-state index contributed by atoms with van der Waals surface area (Å²) in [6, 6.07) is 3.82. The van der Waals surface area contributed by atoms with Crippen molar-refractivity contribution in [2.45, 2.75) is 6.92 Å². The van der Waals surface area contributed by atoms with Gasteiger partial charge >= 0.3 is 0 Å². The molecule has 0 saturated heterocycles. The van der Waals surface area contributed by atoms with Crippen LogP contribution in [0.15, 0.2) is 29.3 Å². The Labute approximate surface area is 75.9 Å². The lowest BCUT2D eigenvalue weighted by molar-refractivity contribution is 0.584. The van der Waals surface area contributed by atoms with Gasteiger partial charge in [-0.25, -0.2) is 4.98 Å². The number of nitrogens with two attached hydrogens (primary N) is 1. The second-order valence-corrected chi connectivity index (χ2v) is 2.94. The van der Waals surface area contributed by atoms with Gasteiger partial charge in [-0.15, -0.1) is 0 Å². The summed E-state index contributed by atoms with van der Waals surface area (Å²) in [7, 11) is 0. The summed E-state index contributed by atoms with van der Waals surface area (Å²) in [5, 5.41) is 0.990. The van der Waals surface area contributed by atoms with E-state index < -0.39 is 0 Å². The number of rotatable bonds is 1. The molecular weight excluding hydrogens is 164 g/mol. The van der Waals surface area contributed by atoms with Crippen LogP contribution in [0.4, 0.5) is 0 Å². The number of pyridine rings is 1. The lowest BCUT2D eigenvalue weighted by Crippen LogP contribution is -1.92. The first-order valence-corrected chi connectivity index (χ1v) is 3.99. The molecule has 0 aliphatic heterocycles. The lowest BCUT2D eigenvalue weighted by atomic mass is 10.2. The molecule has 0 fully saturated rings. The van der Waals surface area contributed by atoms with Crippen molar-refractivity contribution in [3.63, 3.8) is 0 Å². The monoisotopic (exact) mass is 174 g/mol. The van der Waals surface area contributed by atoms with Gasteiger partial charge in [0.25, 0.3) is 0 Å². The first kappa shape index (κ1) is 7.86. The molecule has 0 amide bonds. The molecule has 2 N–H and O–H groups in total. The Morgan fingerprint density at radius 1 is 1.62 bits per heavy atom. The summed E-state index contributed by atoms with van der Waals surface area (Å²) in [5.41, 5.74) is 7.61. The summed E-state index contributed by atoms with van der Waals surface area (Å²) < 4.78 is 5.42. The van der Waals surface area contributed by atoms with Crippen LogP contribution >= 0.6 is 0 Å². The SMILES string of the molecule is C=C(N)c1oc2ncccc2c1C. The highest BCUT2D eigenvalue weighted by atomic mass is 16.3. The number of aromatic nitrogens is 1. The van der Waals surface area contributed by atoms with Gasteiger partial charge in [0.15, 0.2) is 5.76 Å². The van der Waals surface area contributed by atoms with Crippen LogP contribution in [0.2, 0.25) is 0 Å². The summed E-state index contributed by atoms with van der Waals surface area (Å²) in [6.45, 7) is 5.58. The number of furan rings is 1. The van der Waals surface area contributed by atoms with Crippen molar-refractivity contribution in [2.24, 2.45) is 5.73 Å². The third kappa shape index (κ3) is 1.09. The van der Waals surface area contributed by atoms with Crippen molar-refractivity contribution in [3.8, 4) is 0 Å². The predicted octanol–water partition coefficient (Wildman–Crippen LogP) is 2.07. The fourth-order valence-electron chi connectivity index (χ4n) is 1.36. The van der Waals surface area contributed by atoms with Gasteiger partial charge in [0.1, 0.15) is 0 Å². The molecule has 66 valence electrons. The van der Waals surface area contributed by atoms with E-state index in [1.54, 1.807) is 6.20 Å². The van der Waals surface area contributed by atoms with E-state index in [-0.39, 0.29) is 0 Å². The Morgan fingerprint density at radius 3 is 3.00 bits per heavy atom. The normalized spacial score (nSPS) is 10.5. The second-order valence-electron chi connectivity index (χ2n) is 2.94. The molecule has 0 atom stereocenters. The summed E-state index contributed by atoms with van der Waals surface area (Å²) in [5.74, 6) is 0.633. The van der Waals surface area contributed by atoms with Crippen molar-refractivity contribution >= 4 is 16.8 Å². The van der Waals surface area contributed by atoms with E-state index in [1.165, 1.54) is 0 Å². The van der Waals surface area contributed by atoms with Crippen molar-refractivity contribution in [3.05, 3.63) is 36.2 Å². The van der Waals surface area contributed by atoms with Crippen LogP contribution in [-0.2, 0) is 0 Å². The fraction of sp³-hybridized carbons (Fsp3) is 0.100. The third-order valence-electron chi connectivity index (χ3n) is 2.01. The Bertz CT molecular complexity index is 471. The molecule has 0 aliphatic carbocycles. The van der Waals surface area contributed by atoms with Crippen LogP contribution in [0.25, 0.3) is 16.8 Å². The quantitative estimate of drug-likeness (QED) is 0.720. The Balaban J connectivity index is 2.81. The summed E-state index contributed by atoms with van der Waals surface area (Å²) in [6.07, 6.45) is 1.69. The van der Waals surface area contributed by atoms with Gasteiger partial charge < -0.3 is 10.2 Å². The van der Waals surface area contributed by atoms with E-state index in [2.05, 4.69) is 11.6 Å². The Hall–Kier alpha value is -1.77. The number of hydrogen-bond donors (Lipinski definition) is 1. The zero-order chi connectivity index (χ0) is 9.42. The Kier molecular flexibility index (Phi) is 1.59. The van der Waals surface area contributed by atoms with Crippen molar-refractivity contribution in [1.82, 2.24) is 4.98 Å². The zero-order valence-electron chi connectivity index (χ0n) is 7.37. The maximum absolute atomic E-state index is 5.56. The lowest BCUT2D eigenvalue weighted by Gasteiger charge is -1.92. The molecule has 3 nitrogen and oxygen atoms in total. The smallest absolute Gasteiger partial charge is 0.227 e. The van der Waals surface area contributed by atoms with Crippen LogP contribution in [0.3, 0.4) is 0 Å². The molecule has 2 heterocycles. The van der Waals surface area contributed by atoms with Crippen molar-refractivity contribution in [1.29, 1.82) is 0 Å². The minimum absolute atomic E-state index is 0.440. The molecule has 0 bridgehead atoms. The van der Waals surface area contributed by atoms with E-state index >= 15 is 0 Å². The van der Waals surface area contributed by atoms with E-state index in [1.807, 2.05) is 19.1 Å². The average Bonchev–Trinajstić information content (AvgIpc) is 2.45. The number of fused-ring (bicyclic) bond motifs is 1. The maximum Gasteiger partial charge on any atom is 0.227 e. The molecular formula is C10H10N2O. The average molecular weight is 174 g/mol. The van der Waals surface area contributed by atoms with E-state index in [0.717, 1.165) is 10.9 Å². The highest BCUT2D eigenvalue weighted by molar-refractivity contribution is 5.82. The van der Waals surface area contributed by atoms with E-state index in [4.69, 9.17) is 10.2 Å². The fourth-order valence-corrected chi connectivity index (χ4v) is 1.36. The van der Waals surface area contributed by atoms with Gasteiger partial charge in [-0.2, -0.15) is 0 Å². The van der Waals surface area contributed by atoms with Gasteiger partial charge in [-0.3, -0.25) is 0 Å². The van der Waals surface area contributed by atoms with E-state index in [0.29, 0.717) is 17.2 Å². The van der Waals surface area contributed by atoms with Crippen LogP contribution in [0.5, 0.6) is 0 Å². The van der Waals surface area contributed by atoms with Crippen LogP contribution in [-0.4, -0.2) is 4.98 Å². The molecule has 0 spiro atoms. The highest BCUT2D eigenvalue weighted by Gasteiger charge is 2.10. The maximum atomic E-state index is 5.56. The summed E-state index contributed by atoms with van der Waals surface area (Å²) >= 11 is 0. The minimum Gasteiger partial charge on any atom is -0.436 e. The number of nitrogens with zero attached hydrogens (tertiary/aromatic N) is 1. The molecule has 13 heavy (non-hydrogen) atoms.